The molecule has 0 aliphatic carbocycles. The number of hydrogen-bond acceptors (Lipinski definition) is 4. The van der Waals surface area contributed by atoms with Crippen LogP contribution in [0.1, 0.15) is 26.3 Å². The number of hydrogen-bond donors (Lipinski definition) is 2. The minimum absolute atomic E-state index is 0.479. The Kier molecular flexibility index (Phi) is 5.32. The van der Waals surface area contributed by atoms with Crippen LogP contribution in [0, 0.1) is 0 Å². The Balaban J connectivity index is 3.00. The summed E-state index contributed by atoms with van der Waals surface area (Å²) in [6, 6.07) is 5.57. The van der Waals surface area contributed by atoms with E-state index in [9.17, 15) is 0 Å². The number of anilines is 1. The van der Waals surface area contributed by atoms with Gasteiger partial charge in [0.1, 0.15) is 5.75 Å². The lowest BCUT2D eigenvalue weighted by molar-refractivity contribution is 0.288. The zero-order valence-corrected chi connectivity index (χ0v) is 10.7. The molecule has 17 heavy (non-hydrogen) atoms. The lowest BCUT2D eigenvalue weighted by Gasteiger charge is -2.24. The molecule has 0 spiro atoms. The second-order valence-electron chi connectivity index (χ2n) is 3.76. The second kappa shape index (κ2) is 6.52. The summed E-state index contributed by atoms with van der Waals surface area (Å²) in [6.45, 7) is 8.20. The third kappa shape index (κ3) is 3.65. The monoisotopic (exact) mass is 237 g/mol. The van der Waals surface area contributed by atoms with Gasteiger partial charge in [-0.05, 0) is 44.0 Å². The molecule has 4 nitrogen and oxygen atoms in total. The van der Waals surface area contributed by atoms with Gasteiger partial charge in [0.25, 0.3) is 0 Å². The first kappa shape index (κ1) is 13.9. The van der Waals surface area contributed by atoms with E-state index >= 15 is 0 Å². The zero-order chi connectivity index (χ0) is 12.8. The van der Waals surface area contributed by atoms with Crippen LogP contribution in [0.4, 0.5) is 5.69 Å². The quantitative estimate of drug-likeness (QED) is 0.735. The summed E-state index contributed by atoms with van der Waals surface area (Å²) in [7, 11) is -1.76. The molecule has 0 amide bonds. The van der Waals surface area contributed by atoms with Crippen molar-refractivity contribution in [3.05, 3.63) is 23.8 Å². The van der Waals surface area contributed by atoms with Gasteiger partial charge in [-0.15, -0.1) is 0 Å². The van der Waals surface area contributed by atoms with Gasteiger partial charge in [0.15, 0.2) is 0 Å². The van der Waals surface area contributed by atoms with Crippen LogP contribution in [0.25, 0.3) is 0 Å². The van der Waals surface area contributed by atoms with Crippen molar-refractivity contribution in [3.8, 4) is 5.75 Å². The van der Waals surface area contributed by atoms with Crippen LogP contribution in [0.3, 0.4) is 0 Å². The topological polar surface area (TPSA) is 52.9 Å². The van der Waals surface area contributed by atoms with E-state index in [4.69, 9.17) is 14.7 Å². The van der Waals surface area contributed by atoms with Crippen molar-refractivity contribution in [3.63, 3.8) is 0 Å². The largest absolute Gasteiger partial charge is 0.707 e. The average Bonchev–Trinajstić information content (AvgIpc) is 2.31. The van der Waals surface area contributed by atoms with Crippen LogP contribution in [0.15, 0.2) is 18.2 Å². The minimum Gasteiger partial charge on any atom is -0.512 e. The minimum atomic E-state index is -1.76. The Bertz CT molecular complexity index is 354. The third-order valence-electron chi connectivity index (χ3n) is 2.78. The lowest BCUT2D eigenvalue weighted by Crippen LogP contribution is -2.24. The molecule has 0 atom stereocenters. The van der Waals surface area contributed by atoms with Crippen LogP contribution in [-0.2, 0) is 6.42 Å². The molecular formula is C12H20BNO3. The molecule has 0 radical (unpaired) electrons. The summed E-state index contributed by atoms with van der Waals surface area (Å²) in [5.41, 5.74) is 2.32. The van der Waals surface area contributed by atoms with Gasteiger partial charge in [-0.1, -0.05) is 6.92 Å². The molecule has 0 saturated heterocycles. The SMILES string of the molecule is CCc1cc(OB(O)O)ccc1N(CC)CC. The molecule has 0 aromatic heterocycles. The fraction of sp³-hybridized carbons (Fsp3) is 0.500. The standard InChI is InChI=1S/C12H20BNO3/c1-4-10-9-11(17-13(15)16)7-8-12(10)14(5-2)6-3/h7-9,15-16H,4-6H2,1-3H3. The molecule has 0 aliphatic rings. The molecule has 94 valence electrons. The highest BCUT2D eigenvalue weighted by molar-refractivity contribution is 6.33. The number of benzene rings is 1. The molecule has 0 heterocycles. The van der Waals surface area contributed by atoms with E-state index in [1.54, 1.807) is 6.07 Å². The number of rotatable bonds is 6. The number of aryl methyl sites for hydroxylation is 1. The highest BCUT2D eigenvalue weighted by Gasteiger charge is 2.13. The first-order chi connectivity index (χ1) is 8.12. The summed E-state index contributed by atoms with van der Waals surface area (Å²) in [5.74, 6) is 0.479. The fourth-order valence-electron chi connectivity index (χ4n) is 1.91. The van der Waals surface area contributed by atoms with Gasteiger partial charge in [0.2, 0.25) is 0 Å². The average molecular weight is 237 g/mol. The summed E-state index contributed by atoms with van der Waals surface area (Å²) in [4.78, 5) is 2.26. The molecule has 5 heteroatoms. The highest BCUT2D eigenvalue weighted by atomic mass is 16.6. The molecule has 1 rings (SSSR count). The Hall–Kier alpha value is -1.20. The van der Waals surface area contributed by atoms with Crippen molar-refractivity contribution in [2.45, 2.75) is 27.2 Å². The Labute approximate surface area is 103 Å². The van der Waals surface area contributed by atoms with Gasteiger partial charge in [-0.25, -0.2) is 0 Å². The summed E-state index contributed by atoms with van der Waals surface area (Å²) >= 11 is 0. The van der Waals surface area contributed by atoms with Gasteiger partial charge < -0.3 is 19.6 Å². The number of nitrogens with zero attached hydrogens (tertiary/aromatic N) is 1. The predicted molar refractivity (Wildman–Crippen MR) is 70.2 cm³/mol. The molecule has 0 saturated carbocycles. The molecule has 1 aromatic rings. The van der Waals surface area contributed by atoms with E-state index in [0.717, 1.165) is 25.1 Å². The Morgan fingerprint density at radius 3 is 2.29 bits per heavy atom. The summed E-state index contributed by atoms with van der Waals surface area (Å²) in [6.07, 6.45) is 0.880. The lowest BCUT2D eigenvalue weighted by atomic mass is 10.1. The van der Waals surface area contributed by atoms with E-state index in [1.807, 2.05) is 12.1 Å². The molecule has 0 unspecified atom stereocenters. The first-order valence-electron chi connectivity index (χ1n) is 6.03. The summed E-state index contributed by atoms with van der Waals surface area (Å²) < 4.78 is 4.85. The molecule has 2 N–H and O–H groups in total. The van der Waals surface area contributed by atoms with E-state index in [0.29, 0.717) is 5.75 Å². The molecule has 1 aromatic carbocycles. The maximum atomic E-state index is 8.76. The smallest absolute Gasteiger partial charge is 0.512 e. The predicted octanol–water partition coefficient (Wildman–Crippen LogP) is 1.44. The van der Waals surface area contributed by atoms with Crippen LogP contribution in [0.5, 0.6) is 5.75 Å². The van der Waals surface area contributed by atoms with Gasteiger partial charge in [0.05, 0.1) is 0 Å². The van der Waals surface area contributed by atoms with E-state index < -0.39 is 7.32 Å². The third-order valence-corrected chi connectivity index (χ3v) is 2.78. The van der Waals surface area contributed by atoms with Crippen molar-refractivity contribution in [2.75, 3.05) is 18.0 Å². The highest BCUT2D eigenvalue weighted by Crippen LogP contribution is 2.26. The molecule has 0 fully saturated rings. The van der Waals surface area contributed by atoms with E-state index in [-0.39, 0.29) is 0 Å². The second-order valence-corrected chi connectivity index (χ2v) is 3.76. The molecule has 0 aliphatic heterocycles. The van der Waals surface area contributed by atoms with Gasteiger partial charge in [0, 0.05) is 18.8 Å². The molecular weight excluding hydrogens is 217 g/mol. The fourth-order valence-corrected chi connectivity index (χ4v) is 1.91. The van der Waals surface area contributed by atoms with Crippen molar-refractivity contribution in [1.82, 2.24) is 0 Å². The maximum absolute atomic E-state index is 8.76. The van der Waals surface area contributed by atoms with Gasteiger partial charge in [-0.2, -0.15) is 0 Å². The van der Waals surface area contributed by atoms with Crippen molar-refractivity contribution >= 4 is 13.0 Å². The van der Waals surface area contributed by atoms with Gasteiger partial charge >= 0.3 is 7.32 Å². The van der Waals surface area contributed by atoms with Crippen molar-refractivity contribution in [1.29, 1.82) is 0 Å². The molecule has 0 bridgehead atoms. The normalized spacial score (nSPS) is 10.2. The Morgan fingerprint density at radius 1 is 1.18 bits per heavy atom. The zero-order valence-electron chi connectivity index (χ0n) is 10.7. The van der Waals surface area contributed by atoms with Crippen LogP contribution in [0.2, 0.25) is 0 Å². The van der Waals surface area contributed by atoms with Crippen molar-refractivity contribution < 1.29 is 14.7 Å². The van der Waals surface area contributed by atoms with Crippen molar-refractivity contribution in [2.24, 2.45) is 0 Å². The van der Waals surface area contributed by atoms with Crippen LogP contribution >= 0.6 is 0 Å². The van der Waals surface area contributed by atoms with Gasteiger partial charge in [-0.3, -0.25) is 0 Å². The maximum Gasteiger partial charge on any atom is 0.707 e. The van der Waals surface area contributed by atoms with Crippen LogP contribution < -0.4 is 9.55 Å². The Morgan fingerprint density at radius 2 is 1.82 bits per heavy atom. The summed E-state index contributed by atoms with van der Waals surface area (Å²) in [5, 5.41) is 17.5. The first-order valence-corrected chi connectivity index (χ1v) is 6.03. The van der Waals surface area contributed by atoms with E-state index in [1.165, 1.54) is 5.69 Å². The van der Waals surface area contributed by atoms with Crippen LogP contribution in [-0.4, -0.2) is 30.5 Å². The van der Waals surface area contributed by atoms with E-state index in [2.05, 4.69) is 25.7 Å².